The van der Waals surface area contributed by atoms with Gasteiger partial charge in [0.05, 0.1) is 0 Å². The van der Waals surface area contributed by atoms with E-state index in [0.717, 1.165) is 18.3 Å². The minimum Gasteiger partial charge on any atom is -0.388 e. The second-order valence-corrected chi connectivity index (χ2v) is 7.13. The predicted molar refractivity (Wildman–Crippen MR) is 76.7 cm³/mol. The molecule has 3 fully saturated rings. The normalized spacial score (nSPS) is 44.0. The van der Waals surface area contributed by atoms with E-state index in [-0.39, 0.29) is 17.6 Å². The Bertz CT molecular complexity index is 414. The van der Waals surface area contributed by atoms with E-state index in [0.29, 0.717) is 12.6 Å². The SMILES string of the molecule is O[C@@H]1[C@H](O)[C@H]2N=C(N3CCC3)S[C@H]2O[C@@H]1CNC1CC1. The zero-order valence-corrected chi connectivity index (χ0v) is 12.1. The predicted octanol–water partition coefficient (Wildman–Crippen LogP) is -0.638. The lowest BCUT2D eigenvalue weighted by atomic mass is 9.98. The van der Waals surface area contributed by atoms with E-state index in [1.54, 1.807) is 11.8 Å². The monoisotopic (exact) mass is 299 g/mol. The minimum absolute atomic E-state index is 0.157. The van der Waals surface area contributed by atoms with Gasteiger partial charge in [0.25, 0.3) is 0 Å². The summed E-state index contributed by atoms with van der Waals surface area (Å²) in [4.78, 5) is 6.77. The molecule has 4 aliphatic rings. The highest BCUT2D eigenvalue weighted by molar-refractivity contribution is 8.14. The fourth-order valence-corrected chi connectivity index (χ4v) is 4.10. The van der Waals surface area contributed by atoms with E-state index in [4.69, 9.17) is 4.74 Å². The van der Waals surface area contributed by atoms with Gasteiger partial charge in [-0.05, 0) is 19.3 Å². The quantitative estimate of drug-likeness (QED) is 0.644. The lowest BCUT2D eigenvalue weighted by Gasteiger charge is -2.38. The molecule has 0 aromatic heterocycles. The van der Waals surface area contributed by atoms with Crippen LogP contribution in [-0.2, 0) is 4.74 Å². The Labute approximate surface area is 122 Å². The summed E-state index contributed by atoms with van der Waals surface area (Å²) in [5.74, 6) is 0. The van der Waals surface area contributed by atoms with Crippen molar-refractivity contribution < 1.29 is 14.9 Å². The average molecular weight is 299 g/mol. The molecule has 0 aromatic carbocycles. The number of ether oxygens (including phenoxy) is 1. The average Bonchev–Trinajstić information content (AvgIpc) is 3.10. The first-order valence-corrected chi connectivity index (χ1v) is 8.35. The molecule has 0 aromatic rings. The van der Waals surface area contributed by atoms with Gasteiger partial charge in [-0.1, -0.05) is 11.8 Å². The van der Waals surface area contributed by atoms with Crippen molar-refractivity contribution in [1.82, 2.24) is 10.2 Å². The fraction of sp³-hybridized carbons (Fsp3) is 0.923. The molecular weight excluding hydrogens is 278 g/mol. The van der Waals surface area contributed by atoms with Crippen molar-refractivity contribution in [3.63, 3.8) is 0 Å². The van der Waals surface area contributed by atoms with Crippen molar-refractivity contribution in [1.29, 1.82) is 0 Å². The molecule has 0 bridgehead atoms. The molecule has 6 nitrogen and oxygen atoms in total. The van der Waals surface area contributed by atoms with Crippen LogP contribution in [0, 0.1) is 0 Å². The Morgan fingerprint density at radius 1 is 1.30 bits per heavy atom. The number of rotatable bonds is 3. The molecule has 1 saturated carbocycles. The van der Waals surface area contributed by atoms with Crippen LogP contribution in [0.2, 0.25) is 0 Å². The largest absolute Gasteiger partial charge is 0.388 e. The van der Waals surface area contributed by atoms with Gasteiger partial charge in [-0.3, -0.25) is 4.99 Å². The third-order valence-electron chi connectivity index (χ3n) is 4.46. The third-order valence-corrected chi connectivity index (χ3v) is 5.66. The van der Waals surface area contributed by atoms with E-state index < -0.39 is 12.2 Å². The molecule has 1 aliphatic carbocycles. The van der Waals surface area contributed by atoms with Gasteiger partial charge in [0.15, 0.2) is 5.17 Å². The van der Waals surface area contributed by atoms with Crippen LogP contribution in [0.5, 0.6) is 0 Å². The van der Waals surface area contributed by atoms with Crippen LogP contribution in [0.15, 0.2) is 4.99 Å². The molecule has 7 heteroatoms. The molecule has 20 heavy (non-hydrogen) atoms. The highest BCUT2D eigenvalue weighted by atomic mass is 32.2. The molecule has 3 heterocycles. The first-order chi connectivity index (χ1) is 9.72. The van der Waals surface area contributed by atoms with Crippen molar-refractivity contribution in [3.05, 3.63) is 0 Å². The highest BCUT2D eigenvalue weighted by Gasteiger charge is 2.49. The van der Waals surface area contributed by atoms with Crippen molar-refractivity contribution in [2.24, 2.45) is 4.99 Å². The lowest BCUT2D eigenvalue weighted by molar-refractivity contribution is -0.150. The van der Waals surface area contributed by atoms with Gasteiger partial charge in [0.2, 0.25) is 0 Å². The summed E-state index contributed by atoms with van der Waals surface area (Å²) in [7, 11) is 0. The van der Waals surface area contributed by atoms with Gasteiger partial charge in [0, 0.05) is 25.7 Å². The van der Waals surface area contributed by atoms with Crippen LogP contribution in [0.3, 0.4) is 0 Å². The third kappa shape index (κ3) is 2.35. The van der Waals surface area contributed by atoms with Gasteiger partial charge in [-0.2, -0.15) is 0 Å². The number of likely N-dealkylation sites (tertiary alicyclic amines) is 1. The maximum absolute atomic E-state index is 10.3. The Morgan fingerprint density at radius 2 is 2.10 bits per heavy atom. The van der Waals surface area contributed by atoms with Crippen LogP contribution >= 0.6 is 11.8 Å². The van der Waals surface area contributed by atoms with Gasteiger partial charge < -0.3 is 25.2 Å². The van der Waals surface area contributed by atoms with Crippen LogP contribution < -0.4 is 5.32 Å². The summed E-state index contributed by atoms with van der Waals surface area (Å²) < 4.78 is 5.97. The fourth-order valence-electron chi connectivity index (χ4n) is 2.82. The number of aliphatic hydroxyl groups excluding tert-OH is 2. The first-order valence-electron chi connectivity index (χ1n) is 7.47. The topological polar surface area (TPSA) is 77.3 Å². The molecule has 4 rings (SSSR count). The molecule has 5 atom stereocenters. The summed E-state index contributed by atoms with van der Waals surface area (Å²) in [5, 5.41) is 24.8. The standard InChI is InChI=1S/C13H21N3O3S/c17-10-8(6-14-7-2-3-7)19-12-9(11(10)18)15-13(20-12)16-4-1-5-16/h7-12,14,17-18H,1-6H2/t8-,9-,10+,11-,12-/m1/s1. The Morgan fingerprint density at radius 3 is 2.75 bits per heavy atom. The molecule has 3 aliphatic heterocycles. The van der Waals surface area contributed by atoms with E-state index in [9.17, 15) is 10.2 Å². The lowest BCUT2D eigenvalue weighted by Crippen LogP contribution is -2.57. The van der Waals surface area contributed by atoms with Crippen molar-refractivity contribution in [3.8, 4) is 0 Å². The smallest absolute Gasteiger partial charge is 0.162 e. The summed E-state index contributed by atoms with van der Waals surface area (Å²) in [6.07, 6.45) is 1.58. The molecule has 3 N–H and O–H groups in total. The molecule has 0 spiro atoms. The second kappa shape index (κ2) is 5.14. The first kappa shape index (κ1) is 13.3. The van der Waals surface area contributed by atoms with Gasteiger partial charge in [-0.15, -0.1) is 0 Å². The summed E-state index contributed by atoms with van der Waals surface area (Å²) in [5.41, 5.74) is -0.157. The zero-order valence-electron chi connectivity index (χ0n) is 11.3. The Hall–Kier alpha value is -0.340. The molecule has 0 radical (unpaired) electrons. The Balaban J connectivity index is 1.41. The van der Waals surface area contributed by atoms with Crippen LogP contribution in [0.4, 0.5) is 0 Å². The summed E-state index contributed by atoms with van der Waals surface area (Å²) in [6, 6.07) is 0.243. The maximum Gasteiger partial charge on any atom is 0.162 e. The van der Waals surface area contributed by atoms with Gasteiger partial charge >= 0.3 is 0 Å². The van der Waals surface area contributed by atoms with Crippen LogP contribution in [0.1, 0.15) is 19.3 Å². The maximum atomic E-state index is 10.3. The van der Waals surface area contributed by atoms with E-state index >= 15 is 0 Å². The zero-order chi connectivity index (χ0) is 13.7. The van der Waals surface area contributed by atoms with Crippen molar-refractivity contribution in [2.45, 2.75) is 55.1 Å². The number of thioether (sulfide) groups is 1. The van der Waals surface area contributed by atoms with Crippen LogP contribution in [0.25, 0.3) is 0 Å². The van der Waals surface area contributed by atoms with Crippen molar-refractivity contribution in [2.75, 3.05) is 19.6 Å². The Kier molecular flexibility index (Phi) is 3.42. The molecule has 0 unspecified atom stereocenters. The van der Waals surface area contributed by atoms with E-state index in [1.807, 2.05) is 0 Å². The molecule has 2 saturated heterocycles. The van der Waals surface area contributed by atoms with Crippen molar-refractivity contribution >= 4 is 16.9 Å². The molecule has 112 valence electrons. The number of hydrogen-bond donors (Lipinski definition) is 3. The number of fused-ring (bicyclic) bond motifs is 1. The minimum atomic E-state index is -0.859. The number of nitrogens with one attached hydrogen (secondary N) is 1. The highest BCUT2D eigenvalue weighted by Crippen LogP contribution is 2.38. The number of amidine groups is 1. The summed E-state index contributed by atoms with van der Waals surface area (Å²) in [6.45, 7) is 2.68. The van der Waals surface area contributed by atoms with Crippen LogP contribution in [-0.4, -0.2) is 75.7 Å². The van der Waals surface area contributed by atoms with Gasteiger partial charge in [-0.25, -0.2) is 0 Å². The number of aliphatic imine (C=N–C) groups is 1. The van der Waals surface area contributed by atoms with E-state index in [2.05, 4.69) is 15.2 Å². The second-order valence-electron chi connectivity index (χ2n) is 6.07. The molecule has 0 amide bonds. The number of aliphatic hydroxyl groups is 2. The van der Waals surface area contributed by atoms with E-state index in [1.165, 1.54) is 19.3 Å². The number of hydrogen-bond acceptors (Lipinski definition) is 7. The number of nitrogens with zero attached hydrogens (tertiary/aromatic N) is 2. The summed E-state index contributed by atoms with van der Waals surface area (Å²) >= 11 is 1.59. The van der Waals surface area contributed by atoms with Gasteiger partial charge in [0.1, 0.15) is 29.8 Å². The molecular formula is C13H21N3O3S.